The molecule has 124 valence electrons. The molecule has 1 heterocycles. The fraction of sp³-hybridized carbons (Fsp3) is 1.00. The van der Waals surface area contributed by atoms with Gasteiger partial charge in [0.15, 0.2) is 0 Å². The molecule has 0 amide bonds. The first kappa shape index (κ1) is 17.3. The fourth-order valence-electron chi connectivity index (χ4n) is 4.49. The molecule has 1 aliphatic carbocycles. The van der Waals surface area contributed by atoms with Crippen LogP contribution < -0.4 is 5.32 Å². The van der Waals surface area contributed by atoms with Gasteiger partial charge in [0.05, 0.1) is 0 Å². The molecule has 3 unspecified atom stereocenters. The van der Waals surface area contributed by atoms with Gasteiger partial charge in [-0.15, -0.1) is 0 Å². The van der Waals surface area contributed by atoms with Gasteiger partial charge in [-0.1, -0.05) is 41.5 Å². The molecule has 0 spiro atoms. The predicted octanol–water partition coefficient (Wildman–Crippen LogP) is 4.16. The number of nitrogens with zero attached hydrogens (tertiary/aromatic N) is 1. The van der Waals surface area contributed by atoms with Crippen molar-refractivity contribution in [3.05, 3.63) is 0 Å². The summed E-state index contributed by atoms with van der Waals surface area (Å²) >= 11 is 0. The van der Waals surface area contributed by atoms with Gasteiger partial charge in [0.2, 0.25) is 0 Å². The van der Waals surface area contributed by atoms with Crippen molar-refractivity contribution < 1.29 is 0 Å². The van der Waals surface area contributed by atoms with Gasteiger partial charge in [0, 0.05) is 19.1 Å². The topological polar surface area (TPSA) is 15.3 Å². The van der Waals surface area contributed by atoms with Crippen molar-refractivity contribution in [3.8, 4) is 0 Å². The molecule has 2 rings (SSSR count). The molecule has 21 heavy (non-hydrogen) atoms. The third kappa shape index (κ3) is 4.69. The minimum absolute atomic E-state index is 0.472. The first-order valence-electron chi connectivity index (χ1n) is 9.17. The minimum atomic E-state index is 0.472. The van der Waals surface area contributed by atoms with Gasteiger partial charge in [-0.3, -0.25) is 0 Å². The van der Waals surface area contributed by atoms with Crippen LogP contribution in [0.4, 0.5) is 0 Å². The molecule has 2 heteroatoms. The van der Waals surface area contributed by atoms with Gasteiger partial charge in [-0.05, 0) is 61.4 Å². The molecule has 2 fully saturated rings. The summed E-state index contributed by atoms with van der Waals surface area (Å²) in [6, 6.07) is 0.748. The van der Waals surface area contributed by atoms with Crippen molar-refractivity contribution in [2.75, 3.05) is 26.2 Å². The van der Waals surface area contributed by atoms with Crippen molar-refractivity contribution in [1.82, 2.24) is 10.2 Å². The molecule has 1 saturated carbocycles. The second-order valence-corrected chi connectivity index (χ2v) is 9.45. The zero-order valence-electron chi connectivity index (χ0n) is 15.3. The molecule has 0 aromatic heterocycles. The molecule has 0 radical (unpaired) electrons. The summed E-state index contributed by atoms with van der Waals surface area (Å²) in [5.41, 5.74) is 1.01. The van der Waals surface area contributed by atoms with Crippen LogP contribution in [-0.2, 0) is 0 Å². The Hall–Kier alpha value is -0.0800. The lowest BCUT2D eigenvalue weighted by Crippen LogP contribution is -2.47. The molecule has 1 N–H and O–H groups in total. The van der Waals surface area contributed by atoms with Crippen LogP contribution in [-0.4, -0.2) is 37.1 Å². The van der Waals surface area contributed by atoms with Crippen LogP contribution in [0.3, 0.4) is 0 Å². The maximum atomic E-state index is 3.77. The number of likely N-dealkylation sites (tertiary alicyclic amines) is 1. The fourth-order valence-corrected chi connectivity index (χ4v) is 4.49. The zero-order valence-corrected chi connectivity index (χ0v) is 15.3. The molecule has 0 bridgehead atoms. The monoisotopic (exact) mass is 294 g/mol. The zero-order chi connectivity index (χ0) is 15.7. The second-order valence-electron chi connectivity index (χ2n) is 9.45. The molecule has 1 saturated heterocycles. The van der Waals surface area contributed by atoms with Gasteiger partial charge in [0.25, 0.3) is 0 Å². The van der Waals surface area contributed by atoms with Crippen LogP contribution >= 0.6 is 0 Å². The van der Waals surface area contributed by atoms with Crippen molar-refractivity contribution in [1.29, 1.82) is 0 Å². The number of hydrogen-bond donors (Lipinski definition) is 1. The highest BCUT2D eigenvalue weighted by molar-refractivity contribution is 4.92. The summed E-state index contributed by atoms with van der Waals surface area (Å²) in [6.45, 7) is 19.4. The largest absolute Gasteiger partial charge is 0.314 e. The SMILES string of the molecule is CCNC1CCC(C(C)(C)C)CC1CN1CCC(C)(C)C1. The van der Waals surface area contributed by atoms with E-state index in [2.05, 4.69) is 51.8 Å². The molecule has 2 nitrogen and oxygen atoms in total. The van der Waals surface area contributed by atoms with E-state index < -0.39 is 0 Å². The van der Waals surface area contributed by atoms with Gasteiger partial charge in [-0.25, -0.2) is 0 Å². The van der Waals surface area contributed by atoms with E-state index in [0.717, 1.165) is 24.4 Å². The van der Waals surface area contributed by atoms with E-state index in [-0.39, 0.29) is 0 Å². The second kappa shape index (κ2) is 6.58. The molecular formula is C19H38N2. The molecule has 0 aromatic rings. The van der Waals surface area contributed by atoms with Crippen molar-refractivity contribution in [3.63, 3.8) is 0 Å². The summed E-state index contributed by atoms with van der Waals surface area (Å²) in [6.07, 6.45) is 5.56. The standard InChI is InChI=1S/C19H38N2/c1-7-20-17-9-8-16(18(2,3)4)12-15(17)13-21-11-10-19(5,6)14-21/h15-17,20H,7-14H2,1-6H3. The van der Waals surface area contributed by atoms with Crippen LogP contribution in [0.15, 0.2) is 0 Å². The molecule has 0 aromatic carbocycles. The van der Waals surface area contributed by atoms with Crippen LogP contribution in [0, 0.1) is 22.7 Å². The normalized spacial score (nSPS) is 34.3. The lowest BCUT2D eigenvalue weighted by atomic mass is 9.67. The van der Waals surface area contributed by atoms with Gasteiger partial charge < -0.3 is 10.2 Å². The maximum absolute atomic E-state index is 3.77. The van der Waals surface area contributed by atoms with Crippen molar-refractivity contribution >= 4 is 0 Å². The highest BCUT2D eigenvalue weighted by atomic mass is 15.2. The summed E-state index contributed by atoms with van der Waals surface area (Å²) in [5.74, 6) is 1.74. The van der Waals surface area contributed by atoms with Crippen LogP contribution in [0.25, 0.3) is 0 Å². The lowest BCUT2D eigenvalue weighted by Gasteiger charge is -2.43. The molecule has 2 aliphatic rings. The summed E-state index contributed by atoms with van der Waals surface area (Å²) < 4.78 is 0. The Balaban J connectivity index is 1.97. The van der Waals surface area contributed by atoms with Crippen LogP contribution in [0.2, 0.25) is 0 Å². The Bertz CT molecular complexity index is 329. The number of nitrogens with one attached hydrogen (secondary N) is 1. The highest BCUT2D eigenvalue weighted by Crippen LogP contribution is 2.41. The summed E-state index contributed by atoms with van der Waals surface area (Å²) in [4.78, 5) is 2.74. The van der Waals surface area contributed by atoms with Crippen LogP contribution in [0.5, 0.6) is 0 Å². The maximum Gasteiger partial charge on any atom is 0.0108 e. The van der Waals surface area contributed by atoms with Gasteiger partial charge >= 0.3 is 0 Å². The van der Waals surface area contributed by atoms with E-state index in [1.54, 1.807) is 0 Å². The summed E-state index contributed by atoms with van der Waals surface area (Å²) in [7, 11) is 0. The van der Waals surface area contributed by atoms with E-state index in [1.165, 1.54) is 45.3 Å². The Labute approximate surface area is 133 Å². The van der Waals surface area contributed by atoms with Crippen molar-refractivity contribution in [2.45, 2.75) is 73.3 Å². The quantitative estimate of drug-likeness (QED) is 0.837. The van der Waals surface area contributed by atoms with E-state index in [9.17, 15) is 0 Å². The first-order chi connectivity index (χ1) is 9.71. The van der Waals surface area contributed by atoms with Crippen LogP contribution in [0.1, 0.15) is 67.2 Å². The average Bonchev–Trinajstić information content (AvgIpc) is 2.70. The van der Waals surface area contributed by atoms with E-state index in [0.29, 0.717) is 10.8 Å². The van der Waals surface area contributed by atoms with Gasteiger partial charge in [0.1, 0.15) is 0 Å². The van der Waals surface area contributed by atoms with E-state index >= 15 is 0 Å². The first-order valence-corrected chi connectivity index (χ1v) is 9.17. The molecule has 1 aliphatic heterocycles. The predicted molar refractivity (Wildman–Crippen MR) is 92.6 cm³/mol. The number of hydrogen-bond acceptors (Lipinski definition) is 2. The Morgan fingerprint density at radius 1 is 1.19 bits per heavy atom. The van der Waals surface area contributed by atoms with E-state index in [4.69, 9.17) is 0 Å². The Morgan fingerprint density at radius 3 is 2.43 bits per heavy atom. The average molecular weight is 295 g/mol. The Morgan fingerprint density at radius 2 is 1.90 bits per heavy atom. The summed E-state index contributed by atoms with van der Waals surface area (Å²) in [5, 5.41) is 3.77. The highest BCUT2D eigenvalue weighted by Gasteiger charge is 2.38. The third-order valence-corrected chi connectivity index (χ3v) is 5.92. The lowest BCUT2D eigenvalue weighted by molar-refractivity contribution is 0.0913. The smallest absolute Gasteiger partial charge is 0.0108 e. The molecule has 3 atom stereocenters. The molecular weight excluding hydrogens is 256 g/mol. The number of rotatable bonds is 4. The van der Waals surface area contributed by atoms with Crippen molar-refractivity contribution in [2.24, 2.45) is 22.7 Å². The third-order valence-electron chi connectivity index (χ3n) is 5.92. The van der Waals surface area contributed by atoms with E-state index in [1.807, 2.05) is 0 Å². The Kier molecular flexibility index (Phi) is 5.41. The van der Waals surface area contributed by atoms with Gasteiger partial charge in [-0.2, -0.15) is 0 Å². The minimum Gasteiger partial charge on any atom is -0.314 e.